The molecule has 0 amide bonds. The van der Waals surface area contributed by atoms with Crippen LogP contribution >= 0.6 is 0 Å². The number of nitrogens with zero attached hydrogens (tertiary/aromatic N) is 5. The molecular weight excluding hydrogens is 611 g/mol. The van der Waals surface area contributed by atoms with Gasteiger partial charge in [-0.1, -0.05) is 140 Å². The third kappa shape index (κ3) is 5.78. The summed E-state index contributed by atoms with van der Waals surface area (Å²) in [4.78, 5) is 24.4. The van der Waals surface area contributed by atoms with E-state index in [1.54, 1.807) is 0 Å². The molecule has 0 aliphatic rings. The Kier molecular flexibility index (Phi) is 7.41. The topological polar surface area (TPSA) is 64.5 Å². The van der Waals surface area contributed by atoms with Gasteiger partial charge in [-0.25, -0.2) is 19.9 Å². The lowest BCUT2D eigenvalue weighted by Crippen LogP contribution is -2.01. The molecule has 0 atom stereocenters. The van der Waals surface area contributed by atoms with Gasteiger partial charge >= 0.3 is 0 Å². The summed E-state index contributed by atoms with van der Waals surface area (Å²) in [5.41, 5.74) is 11.2. The van der Waals surface area contributed by atoms with Gasteiger partial charge < -0.3 is 0 Å². The summed E-state index contributed by atoms with van der Waals surface area (Å²) in [5.74, 6) is 1.73. The molecule has 0 N–H and O–H groups in total. The van der Waals surface area contributed by atoms with Gasteiger partial charge in [-0.15, -0.1) is 0 Å². The first-order valence-corrected chi connectivity index (χ1v) is 16.6. The number of pyridine rings is 2. The Labute approximate surface area is 289 Å². The molecule has 6 aromatic carbocycles. The van der Waals surface area contributed by atoms with Gasteiger partial charge in [0.2, 0.25) is 0 Å². The summed E-state index contributed by atoms with van der Waals surface area (Å²) in [6, 6.07) is 58.3. The fourth-order valence-electron chi connectivity index (χ4n) is 6.31. The van der Waals surface area contributed by atoms with Crippen molar-refractivity contribution in [2.75, 3.05) is 0 Å². The second-order valence-corrected chi connectivity index (χ2v) is 12.2. The van der Waals surface area contributed by atoms with E-state index in [1.165, 1.54) is 11.1 Å². The Hall–Kier alpha value is -6.85. The maximum atomic E-state index is 5.08. The van der Waals surface area contributed by atoms with E-state index in [-0.39, 0.29) is 0 Å². The number of benzene rings is 6. The summed E-state index contributed by atoms with van der Waals surface area (Å²) in [6.45, 7) is 0. The predicted molar refractivity (Wildman–Crippen MR) is 203 cm³/mol. The molecule has 9 aromatic rings. The quantitative estimate of drug-likeness (QED) is 0.181. The molecule has 5 nitrogen and oxygen atoms in total. The molecule has 3 aromatic heterocycles. The van der Waals surface area contributed by atoms with Gasteiger partial charge in [0.05, 0.1) is 11.0 Å². The van der Waals surface area contributed by atoms with Crippen molar-refractivity contribution in [2.24, 2.45) is 0 Å². The second kappa shape index (κ2) is 12.6. The zero-order chi connectivity index (χ0) is 33.3. The minimum absolute atomic E-state index is 0.526. The molecule has 0 bridgehead atoms. The first kappa shape index (κ1) is 29.3. The number of hydrogen-bond acceptors (Lipinski definition) is 5. The lowest BCUT2D eigenvalue weighted by Gasteiger charge is -2.10. The molecule has 0 saturated carbocycles. The first-order chi connectivity index (χ1) is 24.7. The third-order valence-electron chi connectivity index (χ3n) is 8.99. The van der Waals surface area contributed by atoms with Crippen LogP contribution in [0.3, 0.4) is 0 Å². The molecule has 0 spiro atoms. The SMILES string of the molecule is c1ccc(-c2ccc(-c3ccc(-c4nc(-c5ccccc5)nc(-c5ccc6ccc(-c7ccc8ncccc8c7)cc6n5)n4)cc3)cc2)cc1. The van der Waals surface area contributed by atoms with Crippen molar-refractivity contribution in [3.63, 3.8) is 0 Å². The molecule has 0 aliphatic heterocycles. The highest BCUT2D eigenvalue weighted by atomic mass is 15.0. The minimum atomic E-state index is 0.526. The summed E-state index contributed by atoms with van der Waals surface area (Å²) >= 11 is 0. The van der Waals surface area contributed by atoms with E-state index in [0.29, 0.717) is 23.2 Å². The van der Waals surface area contributed by atoms with Crippen LogP contribution in [-0.4, -0.2) is 24.9 Å². The van der Waals surface area contributed by atoms with Crippen molar-refractivity contribution in [1.29, 1.82) is 0 Å². The highest BCUT2D eigenvalue weighted by Gasteiger charge is 2.14. The number of hydrogen-bond donors (Lipinski definition) is 0. The van der Waals surface area contributed by atoms with E-state index in [0.717, 1.165) is 55.2 Å². The molecule has 0 aliphatic carbocycles. The molecular formula is C45H29N5. The fourth-order valence-corrected chi connectivity index (χ4v) is 6.31. The van der Waals surface area contributed by atoms with Crippen LogP contribution in [0.2, 0.25) is 0 Å². The lowest BCUT2D eigenvalue weighted by atomic mass is 9.99. The van der Waals surface area contributed by atoms with E-state index in [2.05, 4.69) is 126 Å². The molecule has 0 unspecified atom stereocenters. The van der Waals surface area contributed by atoms with Crippen LogP contribution < -0.4 is 0 Å². The van der Waals surface area contributed by atoms with Crippen LogP contribution in [0.25, 0.3) is 89.5 Å². The molecule has 9 rings (SSSR count). The Morgan fingerprint density at radius 1 is 0.280 bits per heavy atom. The van der Waals surface area contributed by atoms with Gasteiger partial charge in [0.1, 0.15) is 5.69 Å². The maximum absolute atomic E-state index is 5.08. The standard InChI is InChI=1S/C45H29N5/c1-3-8-30(9-4-1)31-13-15-32(16-14-31)33-17-20-36(21-18-33)44-48-43(35-10-5-2-6-11-35)49-45(50-44)41-26-23-34-19-22-38(29-42(34)47-41)37-24-25-40-39(28-37)12-7-27-46-40/h1-29H. The molecule has 5 heteroatoms. The average Bonchev–Trinajstić information content (AvgIpc) is 3.21. The van der Waals surface area contributed by atoms with E-state index in [9.17, 15) is 0 Å². The molecule has 50 heavy (non-hydrogen) atoms. The Bertz CT molecular complexity index is 2620. The molecule has 3 heterocycles. The normalized spacial score (nSPS) is 11.2. The van der Waals surface area contributed by atoms with Gasteiger partial charge in [-0.3, -0.25) is 4.98 Å². The summed E-state index contributed by atoms with van der Waals surface area (Å²) in [5, 5.41) is 2.15. The number of rotatable bonds is 6. The minimum Gasteiger partial charge on any atom is -0.256 e. The Balaban J connectivity index is 1.08. The van der Waals surface area contributed by atoms with Crippen molar-refractivity contribution >= 4 is 21.8 Å². The van der Waals surface area contributed by atoms with Gasteiger partial charge in [-0.2, -0.15) is 0 Å². The highest BCUT2D eigenvalue weighted by molar-refractivity contribution is 5.89. The Morgan fingerprint density at radius 2 is 0.780 bits per heavy atom. The van der Waals surface area contributed by atoms with E-state index in [4.69, 9.17) is 19.9 Å². The lowest BCUT2D eigenvalue weighted by molar-refractivity contribution is 1.06. The predicted octanol–water partition coefficient (Wildman–Crippen LogP) is 11.0. The van der Waals surface area contributed by atoms with Crippen LogP contribution in [0, 0.1) is 0 Å². The maximum Gasteiger partial charge on any atom is 0.182 e. The van der Waals surface area contributed by atoms with Gasteiger partial charge in [0.15, 0.2) is 17.5 Å². The van der Waals surface area contributed by atoms with Crippen LogP contribution in [-0.2, 0) is 0 Å². The smallest absolute Gasteiger partial charge is 0.182 e. The molecule has 0 radical (unpaired) electrons. The van der Waals surface area contributed by atoms with Crippen LogP contribution in [0.15, 0.2) is 176 Å². The molecule has 234 valence electrons. The van der Waals surface area contributed by atoms with Crippen molar-refractivity contribution in [1.82, 2.24) is 24.9 Å². The zero-order valence-corrected chi connectivity index (χ0v) is 27.0. The van der Waals surface area contributed by atoms with E-state index < -0.39 is 0 Å². The van der Waals surface area contributed by atoms with Crippen LogP contribution in [0.4, 0.5) is 0 Å². The third-order valence-corrected chi connectivity index (χ3v) is 8.99. The largest absolute Gasteiger partial charge is 0.256 e. The monoisotopic (exact) mass is 639 g/mol. The van der Waals surface area contributed by atoms with E-state index >= 15 is 0 Å². The van der Waals surface area contributed by atoms with Gasteiger partial charge in [0.25, 0.3) is 0 Å². The van der Waals surface area contributed by atoms with Crippen molar-refractivity contribution in [2.45, 2.75) is 0 Å². The van der Waals surface area contributed by atoms with Gasteiger partial charge in [0, 0.05) is 28.1 Å². The van der Waals surface area contributed by atoms with Crippen molar-refractivity contribution in [3.8, 4) is 67.7 Å². The average molecular weight is 640 g/mol. The highest BCUT2D eigenvalue weighted by Crippen LogP contribution is 2.31. The molecule has 0 fully saturated rings. The second-order valence-electron chi connectivity index (χ2n) is 12.2. The first-order valence-electron chi connectivity index (χ1n) is 16.6. The zero-order valence-electron chi connectivity index (χ0n) is 27.0. The summed E-state index contributed by atoms with van der Waals surface area (Å²) < 4.78 is 0. The summed E-state index contributed by atoms with van der Waals surface area (Å²) in [6.07, 6.45) is 1.82. The van der Waals surface area contributed by atoms with Gasteiger partial charge in [-0.05, 0) is 63.7 Å². The molecule has 0 saturated heterocycles. The Morgan fingerprint density at radius 3 is 1.46 bits per heavy atom. The fraction of sp³-hybridized carbons (Fsp3) is 0. The summed E-state index contributed by atoms with van der Waals surface area (Å²) in [7, 11) is 0. The van der Waals surface area contributed by atoms with Crippen LogP contribution in [0.5, 0.6) is 0 Å². The number of aromatic nitrogens is 5. The number of fused-ring (bicyclic) bond motifs is 2. The van der Waals surface area contributed by atoms with Crippen LogP contribution in [0.1, 0.15) is 0 Å². The van der Waals surface area contributed by atoms with E-state index in [1.807, 2.05) is 54.7 Å². The van der Waals surface area contributed by atoms with Crippen molar-refractivity contribution < 1.29 is 0 Å². The van der Waals surface area contributed by atoms with Crippen molar-refractivity contribution in [3.05, 3.63) is 176 Å².